The lowest BCUT2D eigenvalue weighted by atomic mass is 9.93. The lowest BCUT2D eigenvalue weighted by molar-refractivity contribution is -0.139. The third-order valence-corrected chi connectivity index (χ3v) is 6.27. The lowest BCUT2D eigenvalue weighted by Crippen LogP contribution is -2.40. The molecule has 0 saturated carbocycles. The quantitative estimate of drug-likeness (QED) is 0.405. The van der Waals surface area contributed by atoms with Gasteiger partial charge in [0.15, 0.2) is 11.4 Å². The Balaban J connectivity index is 1.70. The highest BCUT2D eigenvalue weighted by Crippen LogP contribution is 2.30. The van der Waals surface area contributed by atoms with E-state index in [9.17, 15) is 24.2 Å². The fourth-order valence-electron chi connectivity index (χ4n) is 3.74. The summed E-state index contributed by atoms with van der Waals surface area (Å²) in [6.07, 6.45) is 4.26. The van der Waals surface area contributed by atoms with Gasteiger partial charge in [-0.25, -0.2) is 19.2 Å². The molecule has 0 aliphatic carbocycles. The van der Waals surface area contributed by atoms with Gasteiger partial charge in [-0.05, 0) is 55.7 Å². The number of rotatable bonds is 8. The van der Waals surface area contributed by atoms with Crippen molar-refractivity contribution in [2.75, 3.05) is 24.2 Å². The van der Waals surface area contributed by atoms with E-state index >= 15 is 0 Å². The number of anilines is 1. The molecular weight excluding hydrogens is 435 g/mol. The van der Waals surface area contributed by atoms with Crippen molar-refractivity contribution in [3.05, 3.63) is 41.6 Å². The number of aromatic nitrogens is 2. The number of hydrogen-bond donors (Lipinski definition) is 3. The summed E-state index contributed by atoms with van der Waals surface area (Å²) in [6.45, 7) is 3.28. The average Bonchev–Trinajstić information content (AvgIpc) is 2.79. The van der Waals surface area contributed by atoms with E-state index in [4.69, 9.17) is 0 Å². The first kappa shape index (κ1) is 23.8. The number of nitrogens with zero attached hydrogens (tertiary/aromatic N) is 3. The topological polar surface area (TPSA) is 116 Å². The van der Waals surface area contributed by atoms with Crippen LogP contribution < -0.4 is 10.2 Å². The number of halogens is 1. The van der Waals surface area contributed by atoms with Crippen LogP contribution in [-0.2, 0) is 11.2 Å². The van der Waals surface area contributed by atoms with Crippen molar-refractivity contribution in [1.29, 1.82) is 0 Å². The molecule has 1 fully saturated rings. The molecule has 1 aliphatic rings. The second-order valence-corrected chi connectivity index (χ2v) is 8.52. The molecule has 2 heterocycles. The third-order valence-electron chi connectivity index (χ3n) is 5.60. The van der Waals surface area contributed by atoms with Gasteiger partial charge < -0.3 is 20.4 Å². The number of nitrogens with one attached hydrogen (secondary N) is 1. The van der Waals surface area contributed by atoms with Crippen molar-refractivity contribution in [3.63, 3.8) is 0 Å². The molecule has 3 N–H and O–H groups in total. The zero-order valence-corrected chi connectivity index (χ0v) is 18.9. The monoisotopic (exact) mass is 462 g/mol. The van der Waals surface area contributed by atoms with Gasteiger partial charge in [-0.15, -0.1) is 11.8 Å². The number of carboxylic acids is 1. The van der Waals surface area contributed by atoms with Crippen molar-refractivity contribution in [2.45, 2.75) is 43.7 Å². The summed E-state index contributed by atoms with van der Waals surface area (Å²) < 4.78 is 13.2. The van der Waals surface area contributed by atoms with Gasteiger partial charge in [0.2, 0.25) is 0 Å². The smallest absolute Gasteiger partial charge is 0.326 e. The van der Waals surface area contributed by atoms with Gasteiger partial charge >= 0.3 is 5.97 Å². The number of benzene rings is 1. The normalized spacial score (nSPS) is 15.4. The molecule has 3 rings (SSSR count). The summed E-state index contributed by atoms with van der Waals surface area (Å²) in [5.74, 6) is -1.74. The first-order valence-corrected chi connectivity index (χ1v) is 11.7. The first-order chi connectivity index (χ1) is 15.3. The van der Waals surface area contributed by atoms with E-state index in [0.29, 0.717) is 18.2 Å². The molecule has 32 heavy (non-hydrogen) atoms. The molecule has 0 spiro atoms. The van der Waals surface area contributed by atoms with Crippen LogP contribution >= 0.6 is 11.8 Å². The highest BCUT2D eigenvalue weighted by molar-refractivity contribution is 7.98. The molecule has 1 aliphatic heterocycles. The van der Waals surface area contributed by atoms with E-state index in [1.165, 1.54) is 23.9 Å². The van der Waals surface area contributed by atoms with Gasteiger partial charge in [0, 0.05) is 25.2 Å². The standard InChI is InChI=1S/C22H27FN4O4S/c1-3-16(22(30)31)24-20(29)18-19(28)21(32-2)26-17(25-18)12-13-8-10-27(11-9-13)15-6-4-14(23)5-7-15/h4-7,13,16,28H,3,8-12H2,1-2H3,(H,24,29)(H,30,31). The number of thioether (sulfide) groups is 1. The first-order valence-electron chi connectivity index (χ1n) is 10.5. The van der Waals surface area contributed by atoms with Crippen LogP contribution in [0.25, 0.3) is 0 Å². The Morgan fingerprint density at radius 1 is 1.25 bits per heavy atom. The Bertz CT molecular complexity index is 965. The number of amides is 1. The minimum absolute atomic E-state index is 0.206. The zero-order chi connectivity index (χ0) is 23.3. The molecule has 2 aromatic rings. The van der Waals surface area contributed by atoms with Crippen LogP contribution in [0.2, 0.25) is 0 Å². The molecule has 1 amide bonds. The van der Waals surface area contributed by atoms with Crippen molar-refractivity contribution < 1.29 is 24.2 Å². The Labute approximate surface area is 190 Å². The maximum atomic E-state index is 13.2. The van der Waals surface area contributed by atoms with E-state index in [0.717, 1.165) is 31.6 Å². The predicted molar refractivity (Wildman–Crippen MR) is 120 cm³/mol. The molecule has 8 nitrogen and oxygen atoms in total. The Morgan fingerprint density at radius 2 is 1.91 bits per heavy atom. The number of carbonyl (C=O) groups excluding carboxylic acids is 1. The molecule has 172 valence electrons. The molecule has 1 aromatic heterocycles. The molecular formula is C22H27FN4O4S. The van der Waals surface area contributed by atoms with Gasteiger partial charge in [-0.3, -0.25) is 4.79 Å². The van der Waals surface area contributed by atoms with Crippen LogP contribution in [0.3, 0.4) is 0 Å². The van der Waals surface area contributed by atoms with Crippen LogP contribution in [0.5, 0.6) is 5.75 Å². The van der Waals surface area contributed by atoms with Gasteiger partial charge in [0.1, 0.15) is 22.7 Å². The Hall–Kier alpha value is -2.88. The van der Waals surface area contributed by atoms with Crippen molar-refractivity contribution >= 4 is 29.3 Å². The minimum atomic E-state index is -1.15. The lowest BCUT2D eigenvalue weighted by Gasteiger charge is -2.33. The minimum Gasteiger partial charge on any atom is -0.503 e. The fourth-order valence-corrected chi connectivity index (χ4v) is 4.23. The summed E-state index contributed by atoms with van der Waals surface area (Å²) in [5.41, 5.74) is 0.779. The third kappa shape index (κ3) is 5.67. The molecule has 0 bridgehead atoms. The highest BCUT2D eigenvalue weighted by Gasteiger charge is 2.26. The van der Waals surface area contributed by atoms with E-state index in [-0.39, 0.29) is 28.7 Å². The molecule has 1 unspecified atom stereocenters. The number of carbonyl (C=O) groups is 2. The van der Waals surface area contributed by atoms with Gasteiger partial charge in [-0.2, -0.15) is 0 Å². The number of carboxylic acid groups (broad SMARTS) is 1. The SMILES string of the molecule is CCC(NC(=O)c1nc(CC2CCN(c3ccc(F)cc3)CC2)nc(SC)c1O)C(=O)O. The maximum Gasteiger partial charge on any atom is 0.326 e. The predicted octanol–water partition coefficient (Wildman–Crippen LogP) is 3.10. The highest BCUT2D eigenvalue weighted by atomic mass is 32.2. The number of piperidine rings is 1. The summed E-state index contributed by atoms with van der Waals surface area (Å²) >= 11 is 1.20. The van der Waals surface area contributed by atoms with E-state index in [2.05, 4.69) is 20.2 Å². The van der Waals surface area contributed by atoms with Crippen molar-refractivity contribution in [1.82, 2.24) is 15.3 Å². The largest absolute Gasteiger partial charge is 0.503 e. The average molecular weight is 463 g/mol. The maximum absolute atomic E-state index is 13.2. The van der Waals surface area contributed by atoms with Gasteiger partial charge in [0.25, 0.3) is 5.91 Å². The summed E-state index contributed by atoms with van der Waals surface area (Å²) in [6, 6.07) is 5.39. The number of aliphatic carboxylic acids is 1. The van der Waals surface area contributed by atoms with E-state index < -0.39 is 17.9 Å². The van der Waals surface area contributed by atoms with Crippen LogP contribution in [0, 0.1) is 11.7 Å². The Kier molecular flexibility index (Phi) is 7.89. The summed E-state index contributed by atoms with van der Waals surface area (Å²) in [4.78, 5) is 34.7. The van der Waals surface area contributed by atoms with Gasteiger partial charge in [-0.1, -0.05) is 6.92 Å². The summed E-state index contributed by atoms with van der Waals surface area (Å²) in [5, 5.41) is 22.3. The molecule has 10 heteroatoms. The Morgan fingerprint density at radius 3 is 2.47 bits per heavy atom. The van der Waals surface area contributed by atoms with Crippen LogP contribution in [0.4, 0.5) is 10.1 Å². The number of hydrogen-bond acceptors (Lipinski definition) is 7. The second kappa shape index (κ2) is 10.6. The van der Waals surface area contributed by atoms with Crippen LogP contribution in [0.1, 0.15) is 42.5 Å². The van der Waals surface area contributed by atoms with Crippen LogP contribution in [-0.4, -0.2) is 57.4 Å². The summed E-state index contributed by atoms with van der Waals surface area (Å²) in [7, 11) is 0. The molecule has 0 radical (unpaired) electrons. The second-order valence-electron chi connectivity index (χ2n) is 7.73. The van der Waals surface area contributed by atoms with Crippen molar-refractivity contribution in [3.8, 4) is 5.75 Å². The number of aromatic hydroxyl groups is 1. The van der Waals surface area contributed by atoms with Crippen molar-refractivity contribution in [2.24, 2.45) is 5.92 Å². The molecule has 1 aromatic carbocycles. The van der Waals surface area contributed by atoms with Gasteiger partial charge in [0.05, 0.1) is 0 Å². The van der Waals surface area contributed by atoms with E-state index in [1.807, 2.05) is 0 Å². The molecule has 1 saturated heterocycles. The van der Waals surface area contributed by atoms with Crippen LogP contribution in [0.15, 0.2) is 29.3 Å². The fraction of sp³-hybridized carbons (Fsp3) is 0.455. The molecule has 1 atom stereocenters. The van der Waals surface area contributed by atoms with E-state index in [1.54, 1.807) is 25.3 Å². The zero-order valence-electron chi connectivity index (χ0n) is 18.0.